The maximum Gasteiger partial charge on any atom is 0.0770 e. The molecular formula is C33H60O4. The van der Waals surface area contributed by atoms with Gasteiger partial charge >= 0.3 is 0 Å². The Labute approximate surface area is 228 Å². The molecule has 0 spiro atoms. The number of aryl methyl sites for hydroxylation is 1. The van der Waals surface area contributed by atoms with E-state index in [2.05, 4.69) is 37.3 Å². The molecule has 0 aromatic heterocycles. The summed E-state index contributed by atoms with van der Waals surface area (Å²) in [6.45, 7) is 1.05. The van der Waals surface area contributed by atoms with Crippen LogP contribution in [0.15, 0.2) is 30.3 Å². The van der Waals surface area contributed by atoms with Gasteiger partial charge in [0, 0.05) is 0 Å². The fraction of sp³-hybridized carbons (Fsp3) is 0.818. The highest BCUT2D eigenvalue weighted by molar-refractivity contribution is 5.14. The summed E-state index contributed by atoms with van der Waals surface area (Å²) < 4.78 is 0. The summed E-state index contributed by atoms with van der Waals surface area (Å²) in [6, 6.07) is 10.8. The van der Waals surface area contributed by atoms with Crippen molar-refractivity contribution in [2.75, 3.05) is 19.8 Å². The van der Waals surface area contributed by atoms with Crippen LogP contribution in [-0.4, -0.2) is 45.8 Å². The van der Waals surface area contributed by atoms with Crippen LogP contribution < -0.4 is 0 Å². The molecule has 0 saturated carbocycles. The lowest BCUT2D eigenvalue weighted by Gasteiger charge is -2.44. The predicted molar refractivity (Wildman–Crippen MR) is 157 cm³/mol. The van der Waals surface area contributed by atoms with Gasteiger partial charge in [-0.3, -0.25) is 0 Å². The van der Waals surface area contributed by atoms with Crippen LogP contribution in [0.25, 0.3) is 0 Å². The smallest absolute Gasteiger partial charge is 0.0770 e. The van der Waals surface area contributed by atoms with E-state index in [0.717, 1.165) is 38.5 Å². The Bertz CT molecular complexity index is 608. The Hall–Kier alpha value is -0.940. The molecule has 0 fully saturated rings. The van der Waals surface area contributed by atoms with E-state index in [1.807, 2.05) is 0 Å². The van der Waals surface area contributed by atoms with Crippen molar-refractivity contribution in [1.29, 1.82) is 0 Å². The lowest BCUT2D eigenvalue weighted by Crippen LogP contribution is -2.55. The average molecular weight is 521 g/mol. The minimum atomic E-state index is -1.23. The largest absolute Gasteiger partial charge is 0.395 e. The fourth-order valence-corrected chi connectivity index (χ4v) is 5.60. The SMILES string of the molecule is CCCCCCCCCC(O)(CCCCCCCCCCCCCc1ccccc1)C(CO)(CO)CO. The van der Waals surface area contributed by atoms with Gasteiger partial charge in [-0.05, 0) is 31.2 Å². The Balaban J connectivity index is 2.17. The first kappa shape index (κ1) is 34.1. The van der Waals surface area contributed by atoms with Crippen molar-refractivity contribution in [1.82, 2.24) is 0 Å². The normalized spacial score (nSPS) is 13.6. The first-order valence-corrected chi connectivity index (χ1v) is 15.7. The van der Waals surface area contributed by atoms with Gasteiger partial charge in [-0.25, -0.2) is 0 Å². The van der Waals surface area contributed by atoms with Crippen molar-refractivity contribution in [2.24, 2.45) is 5.41 Å². The van der Waals surface area contributed by atoms with Gasteiger partial charge in [-0.1, -0.05) is 146 Å². The highest BCUT2D eigenvalue weighted by Gasteiger charge is 2.48. The third-order valence-corrected chi connectivity index (χ3v) is 8.49. The molecule has 1 unspecified atom stereocenters. The minimum absolute atomic E-state index is 0.390. The van der Waals surface area contributed by atoms with E-state index < -0.39 is 11.0 Å². The lowest BCUT2D eigenvalue weighted by atomic mass is 9.68. The molecule has 0 heterocycles. The van der Waals surface area contributed by atoms with Crippen molar-refractivity contribution < 1.29 is 20.4 Å². The maximum absolute atomic E-state index is 11.5. The average Bonchev–Trinajstić information content (AvgIpc) is 2.92. The second-order valence-corrected chi connectivity index (χ2v) is 11.5. The molecule has 0 bridgehead atoms. The number of aliphatic hydroxyl groups is 4. The number of rotatable bonds is 26. The topological polar surface area (TPSA) is 80.9 Å². The van der Waals surface area contributed by atoms with Crippen LogP contribution in [-0.2, 0) is 6.42 Å². The highest BCUT2D eigenvalue weighted by Crippen LogP contribution is 2.39. The molecule has 1 aromatic carbocycles. The van der Waals surface area contributed by atoms with Crippen molar-refractivity contribution in [3.8, 4) is 0 Å². The fourth-order valence-electron chi connectivity index (χ4n) is 5.60. The van der Waals surface area contributed by atoms with Crippen LogP contribution in [0.3, 0.4) is 0 Å². The van der Waals surface area contributed by atoms with Gasteiger partial charge in [0.05, 0.1) is 30.8 Å². The Morgan fingerprint density at radius 2 is 0.892 bits per heavy atom. The zero-order valence-corrected chi connectivity index (χ0v) is 24.1. The van der Waals surface area contributed by atoms with Gasteiger partial charge in [0.15, 0.2) is 0 Å². The summed E-state index contributed by atoms with van der Waals surface area (Å²) in [5.74, 6) is 0. The summed E-state index contributed by atoms with van der Waals surface area (Å²) in [5, 5.41) is 41.4. The molecule has 0 saturated heterocycles. The number of hydrogen-bond acceptors (Lipinski definition) is 4. The van der Waals surface area contributed by atoms with Gasteiger partial charge in [0.1, 0.15) is 0 Å². The lowest BCUT2D eigenvalue weighted by molar-refractivity contribution is -0.162. The molecule has 0 aliphatic rings. The van der Waals surface area contributed by atoms with Crippen LogP contribution in [0.5, 0.6) is 0 Å². The molecule has 4 heteroatoms. The minimum Gasteiger partial charge on any atom is -0.395 e. The van der Waals surface area contributed by atoms with Crippen LogP contribution in [0, 0.1) is 5.41 Å². The van der Waals surface area contributed by atoms with E-state index >= 15 is 0 Å². The van der Waals surface area contributed by atoms with Gasteiger partial charge in [-0.15, -0.1) is 0 Å². The molecule has 0 aliphatic heterocycles. The molecule has 0 radical (unpaired) electrons. The number of aliphatic hydroxyl groups excluding tert-OH is 3. The zero-order valence-electron chi connectivity index (χ0n) is 24.1. The Morgan fingerprint density at radius 1 is 0.514 bits per heavy atom. The molecular weight excluding hydrogens is 460 g/mol. The number of unbranched alkanes of at least 4 members (excludes halogenated alkanes) is 16. The second-order valence-electron chi connectivity index (χ2n) is 11.5. The molecule has 4 nitrogen and oxygen atoms in total. The predicted octanol–water partition coefficient (Wildman–Crippen LogP) is 7.75. The third-order valence-electron chi connectivity index (χ3n) is 8.49. The Morgan fingerprint density at radius 3 is 1.30 bits per heavy atom. The van der Waals surface area contributed by atoms with E-state index in [4.69, 9.17) is 0 Å². The van der Waals surface area contributed by atoms with Crippen LogP contribution in [0.1, 0.15) is 141 Å². The quantitative estimate of drug-likeness (QED) is 0.0942. The van der Waals surface area contributed by atoms with E-state index in [9.17, 15) is 20.4 Å². The van der Waals surface area contributed by atoms with Crippen molar-refractivity contribution in [3.05, 3.63) is 35.9 Å². The van der Waals surface area contributed by atoms with Crippen LogP contribution in [0.2, 0.25) is 0 Å². The zero-order chi connectivity index (χ0) is 27.1. The van der Waals surface area contributed by atoms with Gasteiger partial charge in [-0.2, -0.15) is 0 Å². The van der Waals surface area contributed by atoms with Crippen LogP contribution in [0.4, 0.5) is 0 Å². The second kappa shape index (κ2) is 21.9. The van der Waals surface area contributed by atoms with E-state index in [0.29, 0.717) is 12.8 Å². The molecule has 1 rings (SSSR count). The molecule has 37 heavy (non-hydrogen) atoms. The monoisotopic (exact) mass is 520 g/mol. The maximum atomic E-state index is 11.5. The summed E-state index contributed by atoms with van der Waals surface area (Å²) in [5.41, 5.74) is -0.987. The number of hydrogen-bond donors (Lipinski definition) is 4. The van der Waals surface area contributed by atoms with Crippen LogP contribution >= 0.6 is 0 Å². The molecule has 216 valence electrons. The van der Waals surface area contributed by atoms with Crippen molar-refractivity contribution in [2.45, 2.75) is 147 Å². The third kappa shape index (κ3) is 14.1. The summed E-state index contributed by atoms with van der Waals surface area (Å²) in [6.07, 6.45) is 23.9. The van der Waals surface area contributed by atoms with E-state index in [-0.39, 0.29) is 19.8 Å². The Kier molecular flexibility index (Phi) is 20.2. The van der Waals surface area contributed by atoms with E-state index in [1.165, 1.54) is 89.0 Å². The molecule has 0 amide bonds. The summed E-state index contributed by atoms with van der Waals surface area (Å²) in [4.78, 5) is 0. The first-order chi connectivity index (χ1) is 18.1. The molecule has 1 atom stereocenters. The number of benzene rings is 1. The van der Waals surface area contributed by atoms with Crippen molar-refractivity contribution in [3.63, 3.8) is 0 Å². The first-order valence-electron chi connectivity index (χ1n) is 15.7. The molecule has 1 aromatic rings. The van der Waals surface area contributed by atoms with E-state index in [1.54, 1.807) is 0 Å². The standard InChI is InChI=1S/C33H60O4/c1-2-3-4-5-12-15-21-26-33(37,32(28-34,29-35)30-36)27-22-16-13-10-8-6-7-9-11-14-18-23-31-24-19-17-20-25-31/h17,19-20,24-25,34-37H,2-16,18,21-23,26-30H2,1H3. The van der Waals surface area contributed by atoms with Gasteiger partial charge in [0.25, 0.3) is 0 Å². The van der Waals surface area contributed by atoms with Gasteiger partial charge in [0.2, 0.25) is 0 Å². The van der Waals surface area contributed by atoms with Gasteiger partial charge < -0.3 is 20.4 Å². The highest BCUT2D eigenvalue weighted by atomic mass is 16.3. The molecule has 4 N–H and O–H groups in total. The van der Waals surface area contributed by atoms with Crippen molar-refractivity contribution >= 4 is 0 Å². The summed E-state index contributed by atoms with van der Waals surface area (Å²) >= 11 is 0. The molecule has 0 aliphatic carbocycles. The summed E-state index contributed by atoms with van der Waals surface area (Å²) in [7, 11) is 0.